The van der Waals surface area contributed by atoms with Crippen LogP contribution in [0.3, 0.4) is 0 Å². The van der Waals surface area contributed by atoms with E-state index in [2.05, 4.69) is 30.9 Å². The van der Waals surface area contributed by atoms with Gasteiger partial charge in [0.15, 0.2) is 5.82 Å². The molecule has 0 saturated carbocycles. The topological polar surface area (TPSA) is 89.0 Å². The minimum atomic E-state index is -0.470. The second-order valence-electron chi connectivity index (χ2n) is 7.53. The number of ether oxygens (including phenoxy) is 1. The summed E-state index contributed by atoms with van der Waals surface area (Å²) in [5.74, 6) is 0.455. The van der Waals surface area contributed by atoms with Gasteiger partial charge in [-0.3, -0.25) is 4.90 Å². The van der Waals surface area contributed by atoms with Crippen LogP contribution in [0.15, 0.2) is 10.8 Å². The lowest BCUT2D eigenvalue weighted by molar-refractivity contribution is 0.0137. The van der Waals surface area contributed by atoms with Crippen molar-refractivity contribution in [3.8, 4) is 0 Å². The molecular formula is C17H25BrN6O2. The molecule has 2 N–H and O–H groups in total. The largest absolute Gasteiger partial charge is 0.444 e. The summed E-state index contributed by atoms with van der Waals surface area (Å²) in [7, 11) is 0. The first kappa shape index (κ1) is 18.9. The number of anilines is 1. The molecule has 26 heavy (non-hydrogen) atoms. The molecule has 3 heterocycles. The third-order valence-electron chi connectivity index (χ3n) is 4.44. The van der Waals surface area contributed by atoms with Crippen molar-refractivity contribution in [1.82, 2.24) is 24.4 Å². The van der Waals surface area contributed by atoms with Crippen molar-refractivity contribution in [3.05, 3.63) is 22.1 Å². The van der Waals surface area contributed by atoms with Gasteiger partial charge in [-0.25, -0.2) is 14.3 Å². The van der Waals surface area contributed by atoms with Crippen LogP contribution in [0.2, 0.25) is 0 Å². The summed E-state index contributed by atoms with van der Waals surface area (Å²) in [4.78, 5) is 20.3. The number of nitrogen functional groups attached to an aromatic ring is 1. The molecule has 0 bridgehead atoms. The smallest absolute Gasteiger partial charge is 0.410 e. The zero-order valence-corrected chi connectivity index (χ0v) is 17.2. The first-order valence-electron chi connectivity index (χ1n) is 8.64. The molecule has 1 fully saturated rings. The van der Waals surface area contributed by atoms with E-state index in [4.69, 9.17) is 10.5 Å². The zero-order chi connectivity index (χ0) is 19.1. The molecule has 2 aromatic heterocycles. The molecule has 9 heteroatoms. The predicted octanol–water partition coefficient (Wildman–Crippen LogP) is 2.44. The lowest BCUT2D eigenvalue weighted by Gasteiger charge is -2.35. The Morgan fingerprint density at radius 2 is 1.96 bits per heavy atom. The van der Waals surface area contributed by atoms with E-state index in [0.29, 0.717) is 18.9 Å². The molecule has 0 atom stereocenters. The highest BCUT2D eigenvalue weighted by Gasteiger charge is 2.27. The van der Waals surface area contributed by atoms with Gasteiger partial charge < -0.3 is 15.4 Å². The van der Waals surface area contributed by atoms with E-state index < -0.39 is 5.60 Å². The minimum absolute atomic E-state index is 0.246. The lowest BCUT2D eigenvalue weighted by Crippen LogP contribution is -2.49. The molecule has 0 aliphatic carbocycles. The van der Waals surface area contributed by atoms with Crippen LogP contribution >= 0.6 is 15.9 Å². The third kappa shape index (κ3) is 3.78. The molecule has 2 aromatic rings. The van der Waals surface area contributed by atoms with Crippen molar-refractivity contribution in [3.63, 3.8) is 0 Å². The number of hydrogen-bond donors (Lipinski definition) is 1. The average Bonchev–Trinajstić information content (AvgIpc) is 2.80. The number of nitrogens with zero attached hydrogens (tertiary/aromatic N) is 5. The van der Waals surface area contributed by atoms with Gasteiger partial charge in [0, 0.05) is 32.7 Å². The number of carbonyl (C=O) groups is 1. The molecule has 1 aliphatic rings. The molecule has 1 saturated heterocycles. The Morgan fingerprint density at radius 1 is 1.31 bits per heavy atom. The summed E-state index contributed by atoms with van der Waals surface area (Å²) in [6, 6.07) is 0. The van der Waals surface area contributed by atoms with Crippen LogP contribution in [0, 0.1) is 6.92 Å². The Balaban J connectivity index is 1.69. The Bertz CT molecular complexity index is 821. The molecule has 1 aliphatic heterocycles. The summed E-state index contributed by atoms with van der Waals surface area (Å²) < 4.78 is 8.23. The van der Waals surface area contributed by atoms with E-state index in [9.17, 15) is 4.79 Å². The highest BCUT2D eigenvalue weighted by Crippen LogP contribution is 2.31. The Kier molecular flexibility index (Phi) is 5.12. The van der Waals surface area contributed by atoms with Gasteiger partial charge in [-0.15, -0.1) is 0 Å². The molecule has 1 amide bonds. The highest BCUT2D eigenvalue weighted by atomic mass is 79.9. The molecule has 142 valence electrons. The number of halogens is 1. The van der Waals surface area contributed by atoms with Crippen molar-refractivity contribution >= 4 is 33.4 Å². The van der Waals surface area contributed by atoms with Crippen LogP contribution in [-0.4, -0.2) is 62.3 Å². The molecule has 0 radical (unpaired) electrons. The van der Waals surface area contributed by atoms with Crippen LogP contribution in [0.1, 0.15) is 32.0 Å². The molecule has 8 nitrogen and oxygen atoms in total. The number of carbonyl (C=O) groups excluding carboxylic acids is 1. The Labute approximate surface area is 161 Å². The van der Waals surface area contributed by atoms with Crippen LogP contribution < -0.4 is 5.73 Å². The number of hydrogen-bond acceptors (Lipinski definition) is 6. The van der Waals surface area contributed by atoms with Gasteiger partial charge in [0.2, 0.25) is 0 Å². The molecule has 0 aromatic carbocycles. The number of fused-ring (bicyclic) bond motifs is 1. The van der Waals surface area contributed by atoms with E-state index in [1.807, 2.05) is 32.2 Å². The predicted molar refractivity (Wildman–Crippen MR) is 103 cm³/mol. The summed E-state index contributed by atoms with van der Waals surface area (Å²) in [6.45, 7) is 11.3. The summed E-state index contributed by atoms with van der Waals surface area (Å²) >= 11 is 3.60. The van der Waals surface area contributed by atoms with Crippen LogP contribution in [0.4, 0.5) is 10.6 Å². The fourth-order valence-corrected chi connectivity index (χ4v) is 3.65. The number of nitrogens with two attached hydrogens (primary N) is 1. The molecule has 3 rings (SSSR count). The average molecular weight is 425 g/mol. The summed E-state index contributed by atoms with van der Waals surface area (Å²) in [5.41, 5.74) is 8.51. The fourth-order valence-electron chi connectivity index (χ4n) is 3.05. The monoisotopic (exact) mass is 424 g/mol. The van der Waals surface area contributed by atoms with Gasteiger partial charge in [-0.05, 0) is 49.2 Å². The van der Waals surface area contributed by atoms with Crippen molar-refractivity contribution in [2.24, 2.45) is 0 Å². The van der Waals surface area contributed by atoms with Gasteiger partial charge >= 0.3 is 6.09 Å². The molecule has 0 spiro atoms. The van der Waals surface area contributed by atoms with E-state index in [1.54, 1.807) is 4.90 Å². The van der Waals surface area contributed by atoms with Gasteiger partial charge in [0.25, 0.3) is 0 Å². The first-order chi connectivity index (χ1) is 12.2. The van der Waals surface area contributed by atoms with Gasteiger partial charge in [0.1, 0.15) is 17.4 Å². The second kappa shape index (κ2) is 7.03. The first-order valence-corrected chi connectivity index (χ1v) is 9.43. The number of rotatable bonds is 2. The highest BCUT2D eigenvalue weighted by molar-refractivity contribution is 9.10. The van der Waals surface area contributed by atoms with Crippen molar-refractivity contribution < 1.29 is 9.53 Å². The van der Waals surface area contributed by atoms with E-state index in [0.717, 1.165) is 40.9 Å². The van der Waals surface area contributed by atoms with E-state index in [1.165, 1.54) is 6.33 Å². The summed E-state index contributed by atoms with van der Waals surface area (Å²) in [5, 5.41) is 4.36. The maximum atomic E-state index is 12.2. The SMILES string of the molecule is Cc1c(Br)c2c(N)ncnn2c1CN1CCN(C(=O)OC(C)(C)C)CC1. The minimum Gasteiger partial charge on any atom is -0.444 e. The lowest BCUT2D eigenvalue weighted by atomic mass is 10.2. The van der Waals surface area contributed by atoms with Crippen LogP contribution in [0.25, 0.3) is 5.52 Å². The number of piperazine rings is 1. The molecule has 0 unspecified atom stereocenters. The standard InChI is InChI=1S/C17H25BrN6O2/c1-11-12(24-14(13(11)18)15(19)20-10-21-24)9-22-5-7-23(8-6-22)16(25)26-17(2,3)4/h10H,5-9H2,1-4H3,(H2,19,20,21). The fraction of sp³-hybridized carbons (Fsp3) is 0.588. The van der Waals surface area contributed by atoms with Crippen molar-refractivity contribution in [2.45, 2.75) is 39.8 Å². The summed E-state index contributed by atoms with van der Waals surface area (Å²) in [6.07, 6.45) is 1.22. The second-order valence-corrected chi connectivity index (χ2v) is 8.33. The van der Waals surface area contributed by atoms with Gasteiger partial charge in [-0.2, -0.15) is 5.10 Å². The number of aromatic nitrogens is 3. The maximum absolute atomic E-state index is 12.2. The quantitative estimate of drug-likeness (QED) is 0.795. The normalized spacial score (nSPS) is 16.3. The third-order valence-corrected chi connectivity index (χ3v) is 5.41. The van der Waals surface area contributed by atoms with Crippen LogP contribution in [-0.2, 0) is 11.3 Å². The van der Waals surface area contributed by atoms with E-state index in [-0.39, 0.29) is 6.09 Å². The zero-order valence-electron chi connectivity index (χ0n) is 15.6. The van der Waals surface area contributed by atoms with Crippen molar-refractivity contribution in [2.75, 3.05) is 31.9 Å². The Hall–Kier alpha value is -1.87. The number of amides is 1. The Morgan fingerprint density at radius 3 is 2.58 bits per heavy atom. The van der Waals surface area contributed by atoms with E-state index >= 15 is 0 Å². The van der Waals surface area contributed by atoms with Gasteiger partial charge in [0.05, 0.1) is 10.2 Å². The maximum Gasteiger partial charge on any atom is 0.410 e. The van der Waals surface area contributed by atoms with Crippen molar-refractivity contribution in [1.29, 1.82) is 0 Å². The van der Waals surface area contributed by atoms with Gasteiger partial charge in [-0.1, -0.05) is 0 Å². The molecular weight excluding hydrogens is 400 g/mol. The van der Waals surface area contributed by atoms with Crippen LogP contribution in [0.5, 0.6) is 0 Å².